The number of hydrogen-bond acceptors (Lipinski definition) is 7. The van der Waals surface area contributed by atoms with E-state index >= 15 is 0 Å². The second-order valence-corrected chi connectivity index (χ2v) is 7.31. The summed E-state index contributed by atoms with van der Waals surface area (Å²) < 4.78 is 42.7. The maximum atomic E-state index is 12.6. The van der Waals surface area contributed by atoms with Gasteiger partial charge in [0.1, 0.15) is 10.6 Å². The van der Waals surface area contributed by atoms with Gasteiger partial charge in [0.25, 0.3) is 10.1 Å². The van der Waals surface area contributed by atoms with E-state index in [1.807, 2.05) is 0 Å². The van der Waals surface area contributed by atoms with Crippen molar-refractivity contribution < 1.29 is 32.0 Å². The summed E-state index contributed by atoms with van der Waals surface area (Å²) in [4.78, 5) is 26.0. The second kappa shape index (κ2) is 7.90. The van der Waals surface area contributed by atoms with Gasteiger partial charge in [-0.25, -0.2) is 9.59 Å². The molecule has 0 radical (unpaired) electrons. The minimum atomic E-state index is -4.47. The maximum Gasteiger partial charge on any atom is 0.355 e. The lowest BCUT2D eigenvalue weighted by Gasteiger charge is -2.25. The third-order valence-electron chi connectivity index (χ3n) is 4.29. The molecule has 3 rings (SSSR count). The standard InChI is InChI=1S/C20H17NO7S/c1-27-19(22)15-9-5-6-12-21(18(15)20(23)28-2)16-10-11-17(29(24,25)26)14-8-4-3-7-13(14)16/h3-12H,1-2H3,(H,24,25,26). The number of rotatable bonds is 4. The van der Waals surface area contributed by atoms with E-state index in [4.69, 9.17) is 9.47 Å². The Labute approximate surface area is 167 Å². The molecule has 0 amide bonds. The number of hydrogen-bond donors (Lipinski definition) is 1. The molecule has 0 fully saturated rings. The van der Waals surface area contributed by atoms with Crippen molar-refractivity contribution in [2.45, 2.75) is 4.90 Å². The number of fused-ring (bicyclic) bond motifs is 1. The zero-order valence-electron chi connectivity index (χ0n) is 15.5. The highest BCUT2D eigenvalue weighted by Crippen LogP contribution is 2.35. The molecular weight excluding hydrogens is 398 g/mol. The summed E-state index contributed by atoms with van der Waals surface area (Å²) in [5.41, 5.74) is 0.260. The average Bonchev–Trinajstić information content (AvgIpc) is 2.93. The Morgan fingerprint density at radius 1 is 0.931 bits per heavy atom. The number of allylic oxidation sites excluding steroid dienone is 2. The lowest BCUT2D eigenvalue weighted by Crippen LogP contribution is -2.27. The number of benzene rings is 2. The van der Waals surface area contributed by atoms with E-state index in [2.05, 4.69) is 0 Å². The van der Waals surface area contributed by atoms with E-state index in [-0.39, 0.29) is 21.6 Å². The van der Waals surface area contributed by atoms with Crippen molar-refractivity contribution in [2.24, 2.45) is 0 Å². The zero-order valence-corrected chi connectivity index (χ0v) is 16.3. The summed E-state index contributed by atoms with van der Waals surface area (Å²) in [6, 6.07) is 9.13. The van der Waals surface area contributed by atoms with Gasteiger partial charge < -0.3 is 14.4 Å². The number of anilines is 1. The Kier molecular flexibility index (Phi) is 5.53. The van der Waals surface area contributed by atoms with Crippen LogP contribution in [0.5, 0.6) is 0 Å². The van der Waals surface area contributed by atoms with E-state index in [0.29, 0.717) is 11.1 Å². The third kappa shape index (κ3) is 3.78. The molecule has 1 aliphatic rings. The van der Waals surface area contributed by atoms with Crippen molar-refractivity contribution in [3.63, 3.8) is 0 Å². The van der Waals surface area contributed by atoms with Crippen molar-refractivity contribution >= 4 is 38.5 Å². The average molecular weight is 415 g/mol. The molecule has 150 valence electrons. The first-order valence-corrected chi connectivity index (χ1v) is 9.78. The number of carbonyl (C=O) groups is 2. The van der Waals surface area contributed by atoms with Gasteiger partial charge in [-0.2, -0.15) is 8.42 Å². The highest BCUT2D eigenvalue weighted by molar-refractivity contribution is 7.86. The van der Waals surface area contributed by atoms with Crippen LogP contribution in [0.4, 0.5) is 5.69 Å². The van der Waals surface area contributed by atoms with Gasteiger partial charge in [-0.3, -0.25) is 4.55 Å². The van der Waals surface area contributed by atoms with Crippen LogP contribution in [-0.2, 0) is 29.2 Å². The fourth-order valence-corrected chi connectivity index (χ4v) is 3.74. The fraction of sp³-hybridized carbons (Fsp3) is 0.100. The van der Waals surface area contributed by atoms with Gasteiger partial charge in [0.2, 0.25) is 0 Å². The van der Waals surface area contributed by atoms with Gasteiger partial charge in [0.05, 0.1) is 25.5 Å². The molecule has 0 saturated carbocycles. The van der Waals surface area contributed by atoms with Crippen LogP contribution in [0.3, 0.4) is 0 Å². The normalized spacial score (nSPS) is 14.1. The number of esters is 2. The van der Waals surface area contributed by atoms with Gasteiger partial charge >= 0.3 is 11.9 Å². The highest BCUT2D eigenvalue weighted by Gasteiger charge is 2.29. The molecule has 0 atom stereocenters. The lowest BCUT2D eigenvalue weighted by molar-refractivity contribution is -0.139. The monoisotopic (exact) mass is 415 g/mol. The van der Waals surface area contributed by atoms with Gasteiger partial charge in [-0.15, -0.1) is 0 Å². The van der Waals surface area contributed by atoms with Crippen LogP contribution in [0, 0.1) is 0 Å². The molecule has 0 bridgehead atoms. The van der Waals surface area contributed by atoms with E-state index in [9.17, 15) is 22.6 Å². The molecule has 1 aliphatic heterocycles. The van der Waals surface area contributed by atoms with Crippen LogP contribution in [-0.4, -0.2) is 39.1 Å². The van der Waals surface area contributed by atoms with Crippen LogP contribution >= 0.6 is 0 Å². The summed E-state index contributed by atoms with van der Waals surface area (Å²) in [6.45, 7) is 0. The number of carbonyl (C=O) groups excluding carboxylic acids is 2. The number of nitrogens with zero attached hydrogens (tertiary/aromatic N) is 1. The van der Waals surface area contributed by atoms with Crippen LogP contribution in [0.25, 0.3) is 10.8 Å². The molecule has 0 saturated heterocycles. The van der Waals surface area contributed by atoms with Gasteiger partial charge in [-0.05, 0) is 24.3 Å². The van der Waals surface area contributed by atoms with Crippen molar-refractivity contribution in [2.75, 3.05) is 19.1 Å². The molecule has 8 nitrogen and oxygen atoms in total. The minimum Gasteiger partial charge on any atom is -0.465 e. The van der Waals surface area contributed by atoms with Crippen LogP contribution in [0.1, 0.15) is 0 Å². The second-order valence-electron chi connectivity index (χ2n) is 5.92. The molecule has 0 spiro atoms. The molecule has 0 aromatic heterocycles. The molecule has 9 heteroatoms. The Balaban J connectivity index is 2.35. The van der Waals surface area contributed by atoms with Crippen LogP contribution in [0.2, 0.25) is 0 Å². The molecule has 1 N–H and O–H groups in total. The van der Waals surface area contributed by atoms with E-state index < -0.39 is 22.1 Å². The topological polar surface area (TPSA) is 110 Å². The number of methoxy groups -OCH3 is 2. The molecule has 29 heavy (non-hydrogen) atoms. The highest BCUT2D eigenvalue weighted by atomic mass is 32.2. The molecule has 0 unspecified atom stereocenters. The van der Waals surface area contributed by atoms with Crippen molar-refractivity contribution in [1.82, 2.24) is 0 Å². The predicted molar refractivity (Wildman–Crippen MR) is 106 cm³/mol. The Morgan fingerprint density at radius 3 is 2.21 bits per heavy atom. The first-order chi connectivity index (χ1) is 13.8. The molecule has 0 aliphatic carbocycles. The summed E-state index contributed by atoms with van der Waals surface area (Å²) in [5.74, 6) is -1.53. The third-order valence-corrected chi connectivity index (χ3v) is 5.20. The molecular formula is C20H17NO7S. The smallest absolute Gasteiger partial charge is 0.355 e. The van der Waals surface area contributed by atoms with Crippen LogP contribution in [0.15, 0.2) is 77.0 Å². The van der Waals surface area contributed by atoms with E-state index in [1.54, 1.807) is 30.4 Å². The lowest BCUT2D eigenvalue weighted by atomic mass is 10.1. The van der Waals surface area contributed by atoms with Crippen molar-refractivity contribution in [3.05, 3.63) is 72.1 Å². The SMILES string of the molecule is COC(=O)C1=C(C(=O)OC)N(c2ccc(S(=O)(=O)O)c3ccccc23)C=CC=C1. The Bertz CT molecular complexity index is 1190. The summed E-state index contributed by atoms with van der Waals surface area (Å²) in [5, 5.41) is 0.682. The first kappa shape index (κ1) is 20.3. The van der Waals surface area contributed by atoms with E-state index in [1.165, 1.54) is 49.6 Å². The predicted octanol–water partition coefficient (Wildman–Crippen LogP) is 2.58. The quantitative estimate of drug-likeness (QED) is 0.599. The molecule has 1 heterocycles. The largest absolute Gasteiger partial charge is 0.465 e. The summed E-state index contributed by atoms with van der Waals surface area (Å²) >= 11 is 0. The maximum absolute atomic E-state index is 12.6. The van der Waals surface area contributed by atoms with Crippen molar-refractivity contribution in [1.29, 1.82) is 0 Å². The minimum absolute atomic E-state index is 0.0349. The van der Waals surface area contributed by atoms with Gasteiger partial charge in [0, 0.05) is 17.0 Å². The fourth-order valence-electron chi connectivity index (χ4n) is 3.04. The summed E-state index contributed by atoms with van der Waals surface area (Å²) in [7, 11) is -2.10. The van der Waals surface area contributed by atoms with E-state index in [0.717, 1.165) is 0 Å². The number of ether oxygens (including phenoxy) is 2. The molecule has 2 aromatic rings. The Hall–Kier alpha value is -3.43. The van der Waals surface area contributed by atoms with Crippen LogP contribution < -0.4 is 4.90 Å². The zero-order chi connectivity index (χ0) is 21.2. The first-order valence-electron chi connectivity index (χ1n) is 8.34. The van der Waals surface area contributed by atoms with Gasteiger partial charge in [-0.1, -0.05) is 30.3 Å². The molecule has 2 aromatic carbocycles. The summed E-state index contributed by atoms with van der Waals surface area (Å²) in [6.07, 6.45) is 6.12. The van der Waals surface area contributed by atoms with Gasteiger partial charge in [0.15, 0.2) is 0 Å². The Morgan fingerprint density at radius 2 is 1.59 bits per heavy atom. The van der Waals surface area contributed by atoms with Crippen molar-refractivity contribution in [3.8, 4) is 0 Å².